The SMILES string of the molecule is COc1ccc(-c2nnc3n2CCC(CO)C3)cc1. The molecule has 1 unspecified atom stereocenters. The Bertz CT molecular complexity index is 563. The van der Waals surface area contributed by atoms with Crippen molar-refractivity contribution >= 4 is 0 Å². The van der Waals surface area contributed by atoms with Gasteiger partial charge in [-0.3, -0.25) is 0 Å². The molecule has 5 nitrogen and oxygen atoms in total. The van der Waals surface area contributed by atoms with Crippen LogP contribution in [0.25, 0.3) is 11.4 Å². The second-order valence-electron chi connectivity index (χ2n) is 4.86. The maximum absolute atomic E-state index is 9.23. The minimum absolute atomic E-state index is 0.227. The smallest absolute Gasteiger partial charge is 0.163 e. The molecule has 100 valence electrons. The monoisotopic (exact) mass is 259 g/mol. The molecule has 0 aliphatic carbocycles. The van der Waals surface area contributed by atoms with Crippen LogP contribution in [0.4, 0.5) is 0 Å². The summed E-state index contributed by atoms with van der Waals surface area (Å²) >= 11 is 0. The Kier molecular flexibility index (Phi) is 3.21. The van der Waals surface area contributed by atoms with Gasteiger partial charge in [-0.2, -0.15) is 0 Å². The fourth-order valence-corrected chi connectivity index (χ4v) is 2.50. The zero-order valence-electron chi connectivity index (χ0n) is 10.9. The second-order valence-corrected chi connectivity index (χ2v) is 4.86. The molecule has 1 N–H and O–H groups in total. The largest absolute Gasteiger partial charge is 0.497 e. The van der Waals surface area contributed by atoms with E-state index in [1.807, 2.05) is 24.3 Å². The predicted molar refractivity (Wildman–Crippen MR) is 70.9 cm³/mol. The van der Waals surface area contributed by atoms with Gasteiger partial charge in [0.25, 0.3) is 0 Å². The molecule has 1 aromatic carbocycles. The van der Waals surface area contributed by atoms with Gasteiger partial charge in [-0.25, -0.2) is 0 Å². The van der Waals surface area contributed by atoms with Crippen LogP contribution >= 0.6 is 0 Å². The summed E-state index contributed by atoms with van der Waals surface area (Å²) in [6, 6.07) is 7.84. The van der Waals surface area contributed by atoms with E-state index in [1.54, 1.807) is 7.11 Å². The number of aliphatic hydroxyl groups excluding tert-OH is 1. The first-order valence-corrected chi connectivity index (χ1v) is 6.49. The molecule has 0 spiro atoms. The summed E-state index contributed by atoms with van der Waals surface area (Å²) in [5, 5.41) is 17.8. The predicted octanol–water partition coefficient (Wildman–Crippen LogP) is 1.51. The third kappa shape index (κ3) is 2.21. The van der Waals surface area contributed by atoms with Gasteiger partial charge in [0.15, 0.2) is 5.82 Å². The number of hydrogen-bond acceptors (Lipinski definition) is 4. The topological polar surface area (TPSA) is 60.2 Å². The van der Waals surface area contributed by atoms with Gasteiger partial charge in [-0.15, -0.1) is 10.2 Å². The molecular weight excluding hydrogens is 242 g/mol. The van der Waals surface area contributed by atoms with Gasteiger partial charge in [-0.1, -0.05) is 0 Å². The number of ether oxygens (including phenoxy) is 1. The zero-order valence-corrected chi connectivity index (χ0v) is 10.9. The number of aromatic nitrogens is 3. The molecule has 0 bridgehead atoms. The van der Waals surface area contributed by atoms with Crippen molar-refractivity contribution in [3.05, 3.63) is 30.1 Å². The van der Waals surface area contributed by atoms with E-state index in [2.05, 4.69) is 14.8 Å². The second kappa shape index (κ2) is 5.01. The Morgan fingerprint density at radius 1 is 1.32 bits per heavy atom. The molecule has 5 heteroatoms. The van der Waals surface area contributed by atoms with Crippen molar-refractivity contribution in [2.45, 2.75) is 19.4 Å². The van der Waals surface area contributed by atoms with Gasteiger partial charge in [0.2, 0.25) is 0 Å². The Hall–Kier alpha value is -1.88. The molecule has 0 amide bonds. The van der Waals surface area contributed by atoms with Gasteiger partial charge < -0.3 is 14.4 Å². The number of benzene rings is 1. The van der Waals surface area contributed by atoms with Crippen molar-refractivity contribution in [2.75, 3.05) is 13.7 Å². The molecule has 1 atom stereocenters. The summed E-state index contributed by atoms with van der Waals surface area (Å²) < 4.78 is 7.30. The molecule has 2 aromatic rings. The lowest BCUT2D eigenvalue weighted by molar-refractivity contribution is 0.199. The van der Waals surface area contributed by atoms with Crippen LogP contribution in [-0.2, 0) is 13.0 Å². The summed E-state index contributed by atoms with van der Waals surface area (Å²) in [4.78, 5) is 0. The first-order valence-electron chi connectivity index (χ1n) is 6.49. The van der Waals surface area contributed by atoms with Crippen LogP contribution in [0.1, 0.15) is 12.2 Å². The molecule has 1 aliphatic rings. The van der Waals surface area contributed by atoms with E-state index in [-0.39, 0.29) is 6.61 Å². The Morgan fingerprint density at radius 3 is 2.79 bits per heavy atom. The van der Waals surface area contributed by atoms with Crippen molar-refractivity contribution in [3.8, 4) is 17.1 Å². The van der Waals surface area contributed by atoms with Crippen molar-refractivity contribution in [3.63, 3.8) is 0 Å². The third-order valence-corrected chi connectivity index (χ3v) is 3.67. The Labute approximate surface area is 111 Å². The van der Waals surface area contributed by atoms with Gasteiger partial charge in [0.1, 0.15) is 11.6 Å². The van der Waals surface area contributed by atoms with E-state index in [9.17, 15) is 5.11 Å². The van der Waals surface area contributed by atoms with Crippen LogP contribution in [0.5, 0.6) is 5.75 Å². The number of fused-ring (bicyclic) bond motifs is 1. The molecule has 19 heavy (non-hydrogen) atoms. The van der Waals surface area contributed by atoms with Crippen LogP contribution in [0.3, 0.4) is 0 Å². The summed E-state index contributed by atoms with van der Waals surface area (Å²) in [5.74, 6) is 3.02. The molecule has 0 radical (unpaired) electrons. The lowest BCUT2D eigenvalue weighted by Crippen LogP contribution is -2.22. The maximum atomic E-state index is 9.23. The number of rotatable bonds is 3. The highest BCUT2D eigenvalue weighted by atomic mass is 16.5. The maximum Gasteiger partial charge on any atom is 0.163 e. The molecule has 0 saturated heterocycles. The van der Waals surface area contributed by atoms with E-state index in [4.69, 9.17) is 4.74 Å². The molecule has 0 saturated carbocycles. The Morgan fingerprint density at radius 2 is 2.11 bits per heavy atom. The van der Waals surface area contributed by atoms with Crippen molar-refractivity contribution in [1.29, 1.82) is 0 Å². The standard InChI is InChI=1S/C14H17N3O2/c1-19-12-4-2-11(3-5-12)14-16-15-13-8-10(9-18)6-7-17(13)14/h2-5,10,18H,6-9H2,1H3. The van der Waals surface area contributed by atoms with Crippen LogP contribution in [0, 0.1) is 5.92 Å². The summed E-state index contributed by atoms with van der Waals surface area (Å²) in [7, 11) is 1.66. The summed E-state index contributed by atoms with van der Waals surface area (Å²) in [6.45, 7) is 1.10. The van der Waals surface area contributed by atoms with Crippen molar-refractivity contribution in [2.24, 2.45) is 5.92 Å². The molecule has 0 fully saturated rings. The van der Waals surface area contributed by atoms with Gasteiger partial charge in [-0.05, 0) is 36.6 Å². The van der Waals surface area contributed by atoms with E-state index in [0.29, 0.717) is 5.92 Å². The minimum atomic E-state index is 0.227. The summed E-state index contributed by atoms with van der Waals surface area (Å²) in [5.41, 5.74) is 1.04. The molecular formula is C14H17N3O2. The molecule has 2 heterocycles. The van der Waals surface area contributed by atoms with Crippen molar-refractivity contribution in [1.82, 2.24) is 14.8 Å². The quantitative estimate of drug-likeness (QED) is 0.907. The Balaban J connectivity index is 1.92. The average molecular weight is 259 g/mol. The van der Waals surface area contributed by atoms with Crippen LogP contribution in [-0.4, -0.2) is 33.6 Å². The van der Waals surface area contributed by atoms with Crippen LogP contribution in [0.2, 0.25) is 0 Å². The molecule has 1 aromatic heterocycles. The lowest BCUT2D eigenvalue weighted by atomic mass is 9.99. The first kappa shape index (κ1) is 12.2. The van der Waals surface area contributed by atoms with Crippen LogP contribution < -0.4 is 4.74 Å². The fourth-order valence-electron chi connectivity index (χ4n) is 2.50. The van der Waals surface area contributed by atoms with E-state index in [0.717, 1.165) is 42.3 Å². The van der Waals surface area contributed by atoms with Crippen LogP contribution in [0.15, 0.2) is 24.3 Å². The normalized spacial score (nSPS) is 18.1. The van der Waals surface area contributed by atoms with E-state index in [1.165, 1.54) is 0 Å². The van der Waals surface area contributed by atoms with E-state index < -0.39 is 0 Å². The number of nitrogens with zero attached hydrogens (tertiary/aromatic N) is 3. The molecule has 1 aliphatic heterocycles. The van der Waals surface area contributed by atoms with Gasteiger partial charge in [0.05, 0.1) is 7.11 Å². The average Bonchev–Trinajstić information content (AvgIpc) is 2.90. The number of aliphatic hydroxyl groups is 1. The highest BCUT2D eigenvalue weighted by molar-refractivity contribution is 5.56. The highest BCUT2D eigenvalue weighted by Gasteiger charge is 2.22. The van der Waals surface area contributed by atoms with E-state index >= 15 is 0 Å². The molecule has 3 rings (SSSR count). The highest BCUT2D eigenvalue weighted by Crippen LogP contribution is 2.26. The lowest BCUT2D eigenvalue weighted by Gasteiger charge is -2.21. The number of methoxy groups -OCH3 is 1. The minimum Gasteiger partial charge on any atom is -0.497 e. The number of hydrogen-bond donors (Lipinski definition) is 1. The first-order chi connectivity index (χ1) is 9.31. The zero-order chi connectivity index (χ0) is 13.2. The van der Waals surface area contributed by atoms with Crippen molar-refractivity contribution < 1.29 is 9.84 Å². The fraction of sp³-hybridized carbons (Fsp3) is 0.429. The summed E-state index contributed by atoms with van der Waals surface area (Å²) in [6.07, 6.45) is 1.78. The third-order valence-electron chi connectivity index (χ3n) is 3.67. The van der Waals surface area contributed by atoms with Gasteiger partial charge >= 0.3 is 0 Å². The van der Waals surface area contributed by atoms with Gasteiger partial charge in [0, 0.05) is 25.1 Å².